The van der Waals surface area contributed by atoms with Gasteiger partial charge in [-0.05, 0) is 44.0 Å². The minimum atomic E-state index is -0.331. The van der Waals surface area contributed by atoms with Gasteiger partial charge in [0.05, 0.1) is 5.52 Å². The summed E-state index contributed by atoms with van der Waals surface area (Å²) in [6, 6.07) is 13.2. The van der Waals surface area contributed by atoms with Gasteiger partial charge in [-0.3, -0.25) is 14.0 Å². The standard InChI is InChI=1S/C21H22N4O2/c1-14-9-11-16(12-10-14)22-20(26)18-17-8-4-5-13-25(17)19(24-18)21(27)23-15-6-2-3-7-15/h4-5,8-13,15H,2-3,6-7H2,1H3,(H,22,26)(H,23,27). The van der Waals surface area contributed by atoms with E-state index in [-0.39, 0.29) is 29.4 Å². The molecule has 138 valence electrons. The van der Waals surface area contributed by atoms with Gasteiger partial charge in [0, 0.05) is 17.9 Å². The van der Waals surface area contributed by atoms with Gasteiger partial charge in [0.25, 0.3) is 11.8 Å². The number of aromatic nitrogens is 2. The number of aryl methyl sites for hydroxylation is 1. The number of hydrogen-bond acceptors (Lipinski definition) is 3. The molecule has 2 heterocycles. The Morgan fingerprint density at radius 2 is 1.78 bits per heavy atom. The van der Waals surface area contributed by atoms with E-state index >= 15 is 0 Å². The molecule has 0 saturated heterocycles. The molecule has 1 saturated carbocycles. The summed E-state index contributed by atoms with van der Waals surface area (Å²) < 4.78 is 1.67. The Morgan fingerprint density at radius 1 is 1.04 bits per heavy atom. The van der Waals surface area contributed by atoms with E-state index in [4.69, 9.17) is 0 Å². The Labute approximate surface area is 157 Å². The molecule has 0 aliphatic heterocycles. The van der Waals surface area contributed by atoms with Crippen molar-refractivity contribution in [2.45, 2.75) is 38.6 Å². The maximum atomic E-state index is 12.8. The molecule has 2 N–H and O–H groups in total. The Bertz CT molecular complexity index is 985. The molecule has 3 aromatic rings. The molecule has 1 fully saturated rings. The van der Waals surface area contributed by atoms with Crippen molar-refractivity contribution in [1.29, 1.82) is 0 Å². The molecule has 2 aromatic heterocycles. The summed E-state index contributed by atoms with van der Waals surface area (Å²) >= 11 is 0. The average Bonchev–Trinajstić information content (AvgIpc) is 3.31. The highest BCUT2D eigenvalue weighted by atomic mass is 16.2. The van der Waals surface area contributed by atoms with Crippen LogP contribution in [0.1, 0.15) is 52.4 Å². The number of rotatable bonds is 4. The lowest BCUT2D eigenvalue weighted by Crippen LogP contribution is -2.33. The van der Waals surface area contributed by atoms with E-state index in [0.29, 0.717) is 11.2 Å². The lowest BCUT2D eigenvalue weighted by atomic mass is 10.2. The number of nitrogens with zero attached hydrogens (tertiary/aromatic N) is 2. The van der Waals surface area contributed by atoms with Gasteiger partial charge < -0.3 is 10.6 Å². The molecule has 6 heteroatoms. The largest absolute Gasteiger partial charge is 0.347 e. The van der Waals surface area contributed by atoms with Gasteiger partial charge in [0.15, 0.2) is 5.69 Å². The minimum absolute atomic E-state index is 0.193. The van der Waals surface area contributed by atoms with Crippen LogP contribution in [0.5, 0.6) is 0 Å². The van der Waals surface area contributed by atoms with Crippen molar-refractivity contribution in [3.05, 3.63) is 65.7 Å². The zero-order valence-electron chi connectivity index (χ0n) is 15.2. The molecule has 6 nitrogen and oxygen atoms in total. The van der Waals surface area contributed by atoms with Crippen LogP contribution in [0.3, 0.4) is 0 Å². The maximum absolute atomic E-state index is 12.8. The van der Waals surface area contributed by atoms with Crippen molar-refractivity contribution >= 4 is 23.0 Å². The number of pyridine rings is 1. The van der Waals surface area contributed by atoms with Gasteiger partial charge in [-0.1, -0.05) is 36.6 Å². The molecule has 0 spiro atoms. The van der Waals surface area contributed by atoms with Crippen molar-refractivity contribution in [2.24, 2.45) is 0 Å². The summed E-state index contributed by atoms with van der Waals surface area (Å²) in [6.45, 7) is 1.99. The van der Waals surface area contributed by atoms with Crippen LogP contribution in [0.15, 0.2) is 48.7 Å². The second-order valence-electron chi connectivity index (χ2n) is 7.01. The summed E-state index contributed by atoms with van der Waals surface area (Å²) in [4.78, 5) is 29.9. The first-order valence-electron chi connectivity index (χ1n) is 9.28. The third kappa shape index (κ3) is 3.56. The lowest BCUT2D eigenvalue weighted by molar-refractivity contribution is 0.0926. The van der Waals surface area contributed by atoms with E-state index in [1.807, 2.05) is 43.3 Å². The predicted molar refractivity (Wildman–Crippen MR) is 104 cm³/mol. The molecule has 27 heavy (non-hydrogen) atoms. The van der Waals surface area contributed by atoms with Gasteiger partial charge in [-0.25, -0.2) is 4.98 Å². The zero-order chi connectivity index (χ0) is 18.8. The van der Waals surface area contributed by atoms with Gasteiger partial charge in [-0.15, -0.1) is 0 Å². The van der Waals surface area contributed by atoms with Crippen LogP contribution >= 0.6 is 0 Å². The summed E-state index contributed by atoms with van der Waals surface area (Å²) in [5.74, 6) is -0.327. The van der Waals surface area contributed by atoms with Crippen LogP contribution in [0.2, 0.25) is 0 Å². The van der Waals surface area contributed by atoms with Crippen molar-refractivity contribution in [2.75, 3.05) is 5.32 Å². The molecule has 2 amide bonds. The Balaban J connectivity index is 1.63. The highest BCUT2D eigenvalue weighted by Gasteiger charge is 2.24. The number of amides is 2. The Hall–Kier alpha value is -3.15. The van der Waals surface area contributed by atoms with Gasteiger partial charge in [0.2, 0.25) is 5.82 Å². The number of hydrogen-bond donors (Lipinski definition) is 2. The molecular formula is C21H22N4O2. The van der Waals surface area contributed by atoms with Gasteiger partial charge in [0.1, 0.15) is 0 Å². The molecule has 1 aliphatic carbocycles. The van der Waals surface area contributed by atoms with E-state index in [2.05, 4.69) is 15.6 Å². The van der Waals surface area contributed by atoms with E-state index in [0.717, 1.165) is 31.2 Å². The summed E-state index contributed by atoms with van der Waals surface area (Å²) in [5.41, 5.74) is 2.66. The monoisotopic (exact) mass is 362 g/mol. The highest BCUT2D eigenvalue weighted by molar-refractivity contribution is 6.08. The van der Waals surface area contributed by atoms with Crippen LogP contribution in [0.4, 0.5) is 5.69 Å². The number of carbonyl (C=O) groups excluding carboxylic acids is 2. The van der Waals surface area contributed by atoms with E-state index in [1.165, 1.54) is 0 Å². The number of carbonyl (C=O) groups is 2. The fourth-order valence-electron chi connectivity index (χ4n) is 3.51. The zero-order valence-corrected chi connectivity index (χ0v) is 15.2. The quantitative estimate of drug-likeness (QED) is 0.745. The molecule has 0 atom stereocenters. The molecule has 1 aromatic carbocycles. The number of imidazole rings is 1. The second kappa shape index (κ2) is 7.23. The van der Waals surface area contributed by atoms with E-state index < -0.39 is 0 Å². The summed E-state index contributed by atoms with van der Waals surface area (Å²) in [5, 5.41) is 5.90. The fourth-order valence-corrected chi connectivity index (χ4v) is 3.51. The van der Waals surface area contributed by atoms with Crippen LogP contribution in [-0.4, -0.2) is 27.2 Å². The molecule has 0 unspecified atom stereocenters. The molecule has 4 rings (SSSR count). The highest BCUT2D eigenvalue weighted by Crippen LogP contribution is 2.20. The topological polar surface area (TPSA) is 75.5 Å². The number of benzene rings is 1. The normalized spacial score (nSPS) is 14.4. The third-order valence-electron chi connectivity index (χ3n) is 4.97. The second-order valence-corrected chi connectivity index (χ2v) is 7.01. The Morgan fingerprint density at radius 3 is 2.52 bits per heavy atom. The average molecular weight is 362 g/mol. The van der Waals surface area contributed by atoms with Crippen LogP contribution in [0.25, 0.3) is 5.52 Å². The molecular weight excluding hydrogens is 340 g/mol. The predicted octanol–water partition coefficient (Wildman–Crippen LogP) is 3.57. The number of fused-ring (bicyclic) bond motifs is 1. The maximum Gasteiger partial charge on any atom is 0.287 e. The van der Waals surface area contributed by atoms with Gasteiger partial charge >= 0.3 is 0 Å². The summed E-state index contributed by atoms with van der Waals surface area (Å²) in [7, 11) is 0. The first kappa shape index (κ1) is 17.3. The molecule has 0 bridgehead atoms. The van der Waals surface area contributed by atoms with E-state index in [9.17, 15) is 9.59 Å². The van der Waals surface area contributed by atoms with Crippen molar-refractivity contribution in [3.8, 4) is 0 Å². The van der Waals surface area contributed by atoms with Crippen molar-refractivity contribution in [3.63, 3.8) is 0 Å². The van der Waals surface area contributed by atoms with Gasteiger partial charge in [-0.2, -0.15) is 0 Å². The summed E-state index contributed by atoms with van der Waals surface area (Å²) in [6.07, 6.45) is 6.02. The lowest BCUT2D eigenvalue weighted by Gasteiger charge is -2.10. The van der Waals surface area contributed by atoms with Crippen LogP contribution in [-0.2, 0) is 0 Å². The van der Waals surface area contributed by atoms with Crippen molar-refractivity contribution in [1.82, 2.24) is 14.7 Å². The van der Waals surface area contributed by atoms with Crippen molar-refractivity contribution < 1.29 is 9.59 Å². The smallest absolute Gasteiger partial charge is 0.287 e. The minimum Gasteiger partial charge on any atom is -0.347 e. The fraction of sp³-hybridized carbons (Fsp3) is 0.286. The first-order valence-corrected chi connectivity index (χ1v) is 9.28. The van der Waals surface area contributed by atoms with Crippen LogP contribution < -0.4 is 10.6 Å². The first-order chi connectivity index (χ1) is 13.1. The SMILES string of the molecule is Cc1ccc(NC(=O)c2nc(C(=O)NC3CCCC3)n3ccccc23)cc1. The van der Waals surface area contributed by atoms with E-state index in [1.54, 1.807) is 16.7 Å². The number of nitrogens with one attached hydrogen (secondary N) is 2. The molecule has 0 radical (unpaired) electrons. The Kier molecular flexibility index (Phi) is 4.62. The third-order valence-corrected chi connectivity index (χ3v) is 4.97. The molecule has 1 aliphatic rings. The number of anilines is 1. The van der Waals surface area contributed by atoms with Crippen LogP contribution in [0, 0.1) is 6.92 Å².